The molecular weight excluding hydrogens is 138 g/mol. The monoisotopic (exact) mass is 155 g/mol. The summed E-state index contributed by atoms with van der Waals surface area (Å²) in [5.74, 6) is 0.181. The third-order valence-corrected chi connectivity index (χ3v) is 1.49. The van der Waals surface area contributed by atoms with E-state index in [9.17, 15) is 0 Å². The predicted molar refractivity (Wildman–Crippen MR) is 49.3 cm³/mol. The normalized spacial score (nSPS) is 13.3. The van der Waals surface area contributed by atoms with Crippen molar-refractivity contribution in [2.75, 3.05) is 7.05 Å². The Hall–Kier alpha value is -0.860. The summed E-state index contributed by atoms with van der Waals surface area (Å²) in [6.45, 7) is 6.20. The van der Waals surface area contributed by atoms with E-state index < -0.39 is 0 Å². The lowest BCUT2D eigenvalue weighted by Gasteiger charge is -2.20. The average Bonchev–Trinajstić information content (AvgIpc) is 1.79. The van der Waals surface area contributed by atoms with E-state index in [1.54, 1.807) is 7.05 Å². The standard InChI is InChI=1S/C8H17N3/c1-8(2,3)6(11-4)5-7(9)10/h5H2,1-4H3,(H3,9,10). The molecule has 0 rings (SSSR count). The molecule has 0 aromatic carbocycles. The van der Waals surface area contributed by atoms with Crippen LogP contribution in [-0.2, 0) is 0 Å². The Morgan fingerprint density at radius 1 is 1.45 bits per heavy atom. The third kappa shape index (κ3) is 3.75. The van der Waals surface area contributed by atoms with Crippen LogP contribution in [0.1, 0.15) is 27.2 Å². The van der Waals surface area contributed by atoms with Crippen molar-refractivity contribution in [3.8, 4) is 0 Å². The van der Waals surface area contributed by atoms with E-state index in [4.69, 9.17) is 11.1 Å². The van der Waals surface area contributed by atoms with Gasteiger partial charge in [0.2, 0.25) is 0 Å². The second kappa shape index (κ2) is 3.51. The van der Waals surface area contributed by atoms with Crippen LogP contribution in [0.5, 0.6) is 0 Å². The molecule has 3 heteroatoms. The van der Waals surface area contributed by atoms with Gasteiger partial charge in [-0.2, -0.15) is 0 Å². The van der Waals surface area contributed by atoms with Gasteiger partial charge in [-0.15, -0.1) is 0 Å². The average molecular weight is 155 g/mol. The molecule has 0 saturated carbocycles. The highest BCUT2D eigenvalue weighted by Crippen LogP contribution is 2.17. The molecule has 0 atom stereocenters. The van der Waals surface area contributed by atoms with Crippen LogP contribution in [0.4, 0.5) is 0 Å². The van der Waals surface area contributed by atoms with Gasteiger partial charge in [0.15, 0.2) is 0 Å². The van der Waals surface area contributed by atoms with E-state index in [-0.39, 0.29) is 11.3 Å². The molecule has 0 aliphatic heterocycles. The number of aliphatic imine (C=N–C) groups is 1. The van der Waals surface area contributed by atoms with Crippen LogP contribution in [0.2, 0.25) is 0 Å². The molecule has 0 spiro atoms. The van der Waals surface area contributed by atoms with Gasteiger partial charge in [0.25, 0.3) is 0 Å². The Morgan fingerprint density at radius 2 is 1.91 bits per heavy atom. The lowest BCUT2D eigenvalue weighted by molar-refractivity contribution is 0.583. The predicted octanol–water partition coefficient (Wildman–Crippen LogP) is 1.43. The zero-order valence-corrected chi connectivity index (χ0v) is 7.73. The van der Waals surface area contributed by atoms with E-state index in [0.717, 1.165) is 5.71 Å². The number of nitrogens with zero attached hydrogens (tertiary/aromatic N) is 1. The van der Waals surface area contributed by atoms with Crippen LogP contribution >= 0.6 is 0 Å². The van der Waals surface area contributed by atoms with Crippen molar-refractivity contribution in [3.63, 3.8) is 0 Å². The van der Waals surface area contributed by atoms with Crippen molar-refractivity contribution in [1.29, 1.82) is 5.41 Å². The summed E-state index contributed by atoms with van der Waals surface area (Å²) in [4.78, 5) is 4.10. The molecule has 0 amide bonds. The van der Waals surface area contributed by atoms with Crippen molar-refractivity contribution in [3.05, 3.63) is 0 Å². The fraction of sp³-hybridized carbons (Fsp3) is 0.750. The van der Waals surface area contributed by atoms with Gasteiger partial charge < -0.3 is 5.73 Å². The topological polar surface area (TPSA) is 62.2 Å². The van der Waals surface area contributed by atoms with Crippen LogP contribution in [0, 0.1) is 10.8 Å². The molecule has 3 N–H and O–H groups in total. The van der Waals surface area contributed by atoms with E-state index >= 15 is 0 Å². The first kappa shape index (κ1) is 10.1. The Balaban J connectivity index is 4.33. The smallest absolute Gasteiger partial charge is 0.0962 e. The van der Waals surface area contributed by atoms with E-state index in [0.29, 0.717) is 6.42 Å². The molecular formula is C8H17N3. The maximum Gasteiger partial charge on any atom is 0.0962 e. The highest BCUT2D eigenvalue weighted by molar-refractivity contribution is 6.03. The number of hydrogen-bond acceptors (Lipinski definition) is 2. The van der Waals surface area contributed by atoms with E-state index in [1.165, 1.54) is 0 Å². The van der Waals surface area contributed by atoms with Gasteiger partial charge in [0.1, 0.15) is 0 Å². The van der Waals surface area contributed by atoms with Crippen molar-refractivity contribution >= 4 is 11.5 Å². The summed E-state index contributed by atoms with van der Waals surface area (Å²) in [5, 5.41) is 7.10. The SMILES string of the molecule is CN=C(CC(=N)N)C(C)(C)C. The summed E-state index contributed by atoms with van der Waals surface area (Å²) in [6.07, 6.45) is 0.486. The second-order valence-corrected chi connectivity index (χ2v) is 3.62. The van der Waals surface area contributed by atoms with Crippen molar-refractivity contribution in [2.24, 2.45) is 16.1 Å². The fourth-order valence-corrected chi connectivity index (χ4v) is 0.860. The molecule has 64 valence electrons. The minimum atomic E-state index is 0.0282. The summed E-state index contributed by atoms with van der Waals surface area (Å²) in [7, 11) is 1.74. The molecule has 0 aromatic rings. The van der Waals surface area contributed by atoms with Crippen LogP contribution in [-0.4, -0.2) is 18.6 Å². The van der Waals surface area contributed by atoms with Crippen molar-refractivity contribution in [1.82, 2.24) is 0 Å². The summed E-state index contributed by atoms with van der Waals surface area (Å²) < 4.78 is 0. The molecule has 0 saturated heterocycles. The molecule has 0 unspecified atom stereocenters. The summed E-state index contributed by atoms with van der Waals surface area (Å²) in [6, 6.07) is 0. The Labute approximate surface area is 68.2 Å². The number of nitrogens with one attached hydrogen (secondary N) is 1. The van der Waals surface area contributed by atoms with Crippen LogP contribution in [0.3, 0.4) is 0 Å². The van der Waals surface area contributed by atoms with Crippen molar-refractivity contribution < 1.29 is 0 Å². The van der Waals surface area contributed by atoms with Gasteiger partial charge in [0, 0.05) is 24.6 Å². The van der Waals surface area contributed by atoms with Gasteiger partial charge in [-0.25, -0.2) is 0 Å². The Kier molecular flexibility index (Phi) is 3.23. The highest BCUT2D eigenvalue weighted by Gasteiger charge is 2.18. The number of nitrogens with two attached hydrogens (primary N) is 1. The van der Waals surface area contributed by atoms with Crippen molar-refractivity contribution in [2.45, 2.75) is 27.2 Å². The summed E-state index contributed by atoms with van der Waals surface area (Å²) >= 11 is 0. The van der Waals surface area contributed by atoms with Gasteiger partial charge >= 0.3 is 0 Å². The number of hydrogen-bond donors (Lipinski definition) is 2. The number of rotatable bonds is 2. The Bertz CT molecular complexity index is 174. The third-order valence-electron chi connectivity index (χ3n) is 1.49. The largest absolute Gasteiger partial charge is 0.387 e. The quantitative estimate of drug-likeness (QED) is 0.460. The molecule has 0 aromatic heterocycles. The zero-order valence-electron chi connectivity index (χ0n) is 7.73. The van der Waals surface area contributed by atoms with Crippen LogP contribution in [0.25, 0.3) is 0 Å². The molecule has 3 nitrogen and oxygen atoms in total. The van der Waals surface area contributed by atoms with Gasteiger partial charge in [-0.1, -0.05) is 20.8 Å². The first-order valence-electron chi connectivity index (χ1n) is 3.67. The maximum atomic E-state index is 7.10. The number of amidine groups is 1. The fourth-order valence-electron chi connectivity index (χ4n) is 0.860. The first-order chi connectivity index (χ1) is 4.88. The molecule has 0 aliphatic rings. The van der Waals surface area contributed by atoms with E-state index in [1.807, 2.05) is 0 Å². The maximum absolute atomic E-state index is 7.10. The lowest BCUT2D eigenvalue weighted by Crippen LogP contribution is -2.26. The molecule has 0 heterocycles. The zero-order chi connectivity index (χ0) is 9.07. The second-order valence-electron chi connectivity index (χ2n) is 3.62. The minimum absolute atomic E-state index is 0.0282. The molecule has 0 fully saturated rings. The summed E-state index contributed by atoms with van der Waals surface area (Å²) in [5.41, 5.74) is 6.27. The van der Waals surface area contributed by atoms with E-state index in [2.05, 4.69) is 25.8 Å². The molecule has 0 aliphatic carbocycles. The molecule has 0 bridgehead atoms. The van der Waals surface area contributed by atoms with Crippen LogP contribution < -0.4 is 5.73 Å². The first-order valence-corrected chi connectivity index (χ1v) is 3.67. The van der Waals surface area contributed by atoms with Gasteiger partial charge in [0.05, 0.1) is 5.84 Å². The highest BCUT2D eigenvalue weighted by atomic mass is 14.7. The van der Waals surface area contributed by atoms with Gasteiger partial charge in [-0.05, 0) is 0 Å². The minimum Gasteiger partial charge on any atom is -0.387 e. The molecule has 11 heavy (non-hydrogen) atoms. The van der Waals surface area contributed by atoms with Crippen LogP contribution in [0.15, 0.2) is 4.99 Å². The Morgan fingerprint density at radius 3 is 2.00 bits per heavy atom. The molecule has 0 radical (unpaired) electrons. The van der Waals surface area contributed by atoms with Gasteiger partial charge in [-0.3, -0.25) is 10.4 Å². The lowest BCUT2D eigenvalue weighted by atomic mass is 9.88.